The molecule has 23 heavy (non-hydrogen) atoms. The molecule has 1 unspecified atom stereocenters. The van der Waals surface area contributed by atoms with E-state index in [1.54, 1.807) is 23.1 Å². The van der Waals surface area contributed by atoms with Gasteiger partial charge in [-0.15, -0.1) is 0 Å². The van der Waals surface area contributed by atoms with E-state index < -0.39 is 5.82 Å². The molecule has 0 radical (unpaired) electrons. The van der Waals surface area contributed by atoms with Gasteiger partial charge in [0, 0.05) is 25.6 Å². The number of halogens is 1. The molecule has 0 bridgehead atoms. The third kappa shape index (κ3) is 3.69. The van der Waals surface area contributed by atoms with Gasteiger partial charge >= 0.3 is 0 Å². The van der Waals surface area contributed by atoms with Crippen molar-refractivity contribution >= 4 is 17.5 Å². The molecule has 2 fully saturated rings. The Bertz CT molecular complexity index is 579. The molecule has 2 aliphatic heterocycles. The second-order valence-corrected chi connectivity index (χ2v) is 6.07. The Balaban J connectivity index is 1.51. The number of amides is 2. The Morgan fingerprint density at radius 1 is 1.17 bits per heavy atom. The van der Waals surface area contributed by atoms with Crippen LogP contribution in [0.25, 0.3) is 0 Å². The van der Waals surface area contributed by atoms with Crippen molar-refractivity contribution in [3.63, 3.8) is 0 Å². The molecule has 6 heteroatoms. The highest BCUT2D eigenvalue weighted by Gasteiger charge is 2.32. The molecule has 3 rings (SSSR count). The van der Waals surface area contributed by atoms with Crippen molar-refractivity contribution in [3.05, 3.63) is 30.1 Å². The number of ether oxygens (including phenoxy) is 1. The second-order valence-electron chi connectivity index (χ2n) is 6.07. The van der Waals surface area contributed by atoms with Crippen LogP contribution < -0.4 is 5.32 Å². The van der Waals surface area contributed by atoms with Crippen LogP contribution in [0.3, 0.4) is 0 Å². The highest BCUT2D eigenvalue weighted by atomic mass is 19.1. The summed E-state index contributed by atoms with van der Waals surface area (Å²) in [5, 5.41) is 2.64. The number of nitrogens with zero attached hydrogens (tertiary/aromatic N) is 1. The van der Waals surface area contributed by atoms with E-state index in [-0.39, 0.29) is 29.5 Å². The Morgan fingerprint density at radius 3 is 2.57 bits per heavy atom. The van der Waals surface area contributed by atoms with E-state index in [0.29, 0.717) is 32.5 Å². The van der Waals surface area contributed by atoms with Crippen LogP contribution in [-0.4, -0.2) is 42.5 Å². The summed E-state index contributed by atoms with van der Waals surface area (Å²) < 4.78 is 19.0. The van der Waals surface area contributed by atoms with Crippen LogP contribution in [-0.2, 0) is 14.3 Å². The molecule has 0 aromatic heterocycles. The zero-order chi connectivity index (χ0) is 16.2. The summed E-state index contributed by atoms with van der Waals surface area (Å²) in [5.41, 5.74) is 0.204. The van der Waals surface area contributed by atoms with E-state index >= 15 is 0 Å². The highest BCUT2D eigenvalue weighted by molar-refractivity contribution is 5.93. The van der Waals surface area contributed by atoms with Crippen LogP contribution in [0.5, 0.6) is 0 Å². The van der Waals surface area contributed by atoms with Crippen molar-refractivity contribution in [2.45, 2.75) is 31.8 Å². The van der Waals surface area contributed by atoms with Crippen LogP contribution in [0.15, 0.2) is 24.3 Å². The van der Waals surface area contributed by atoms with Gasteiger partial charge in [0.1, 0.15) is 11.9 Å². The molecular weight excluding hydrogens is 299 g/mol. The normalized spacial score (nSPS) is 22.1. The minimum Gasteiger partial charge on any atom is -0.368 e. The van der Waals surface area contributed by atoms with Crippen LogP contribution in [0.2, 0.25) is 0 Å². The molecule has 124 valence electrons. The van der Waals surface area contributed by atoms with E-state index in [1.807, 2.05) is 0 Å². The maximum Gasteiger partial charge on any atom is 0.251 e. The van der Waals surface area contributed by atoms with Crippen LogP contribution in [0.1, 0.15) is 25.7 Å². The van der Waals surface area contributed by atoms with Crippen LogP contribution >= 0.6 is 0 Å². The molecule has 1 N–H and O–H groups in total. The first kappa shape index (κ1) is 15.9. The average molecular weight is 320 g/mol. The summed E-state index contributed by atoms with van der Waals surface area (Å²) in [7, 11) is 0. The second kappa shape index (κ2) is 7.08. The summed E-state index contributed by atoms with van der Waals surface area (Å²) in [4.78, 5) is 26.3. The fourth-order valence-electron chi connectivity index (χ4n) is 3.14. The van der Waals surface area contributed by atoms with Crippen molar-refractivity contribution in [2.75, 3.05) is 25.0 Å². The number of carbonyl (C=O) groups excluding carboxylic acids is 2. The molecule has 1 aromatic carbocycles. The largest absolute Gasteiger partial charge is 0.368 e. The van der Waals surface area contributed by atoms with Crippen molar-refractivity contribution in [1.82, 2.24) is 4.90 Å². The number of piperidine rings is 1. The van der Waals surface area contributed by atoms with Gasteiger partial charge in [-0.05, 0) is 37.8 Å². The first-order chi connectivity index (χ1) is 11.1. The number of carbonyl (C=O) groups is 2. The Kier molecular flexibility index (Phi) is 4.91. The standard InChI is InChI=1S/C17H21FN2O3/c18-13-4-1-2-5-14(13)19-16(21)12-7-9-20(10-8-12)17(22)15-6-3-11-23-15/h1-2,4-5,12,15H,3,6-11H2,(H,19,21). The molecule has 2 aliphatic rings. The minimum atomic E-state index is -0.438. The number of para-hydroxylation sites is 1. The first-order valence-electron chi connectivity index (χ1n) is 8.11. The molecule has 2 amide bonds. The van der Waals surface area contributed by atoms with Crippen LogP contribution in [0.4, 0.5) is 10.1 Å². The Labute approximate surface area is 134 Å². The number of hydrogen-bond acceptors (Lipinski definition) is 3. The molecule has 1 aromatic rings. The van der Waals surface area contributed by atoms with Gasteiger partial charge < -0.3 is 15.0 Å². The number of hydrogen-bond donors (Lipinski definition) is 1. The predicted octanol–water partition coefficient (Wildman–Crippen LogP) is 2.18. The number of likely N-dealkylation sites (tertiary alicyclic amines) is 1. The lowest BCUT2D eigenvalue weighted by Gasteiger charge is -2.32. The lowest BCUT2D eigenvalue weighted by atomic mass is 9.95. The molecule has 0 aliphatic carbocycles. The summed E-state index contributed by atoms with van der Waals surface area (Å²) >= 11 is 0. The lowest BCUT2D eigenvalue weighted by Crippen LogP contribution is -2.45. The number of nitrogens with one attached hydrogen (secondary N) is 1. The predicted molar refractivity (Wildman–Crippen MR) is 83.3 cm³/mol. The third-order valence-corrected chi connectivity index (χ3v) is 4.51. The smallest absolute Gasteiger partial charge is 0.251 e. The van der Waals surface area contributed by atoms with Gasteiger partial charge in [0.15, 0.2) is 0 Å². The summed E-state index contributed by atoms with van der Waals surface area (Å²) in [6.07, 6.45) is 2.60. The number of benzene rings is 1. The summed E-state index contributed by atoms with van der Waals surface area (Å²) in [6.45, 7) is 1.75. The van der Waals surface area contributed by atoms with E-state index in [2.05, 4.69) is 5.32 Å². The van der Waals surface area contributed by atoms with E-state index in [4.69, 9.17) is 4.74 Å². The van der Waals surface area contributed by atoms with Gasteiger partial charge in [-0.1, -0.05) is 12.1 Å². The topological polar surface area (TPSA) is 58.6 Å². The zero-order valence-corrected chi connectivity index (χ0v) is 13.0. The monoisotopic (exact) mass is 320 g/mol. The van der Waals surface area contributed by atoms with Crippen molar-refractivity contribution < 1.29 is 18.7 Å². The molecular formula is C17H21FN2O3. The molecule has 2 heterocycles. The van der Waals surface area contributed by atoms with Gasteiger partial charge in [0.05, 0.1) is 5.69 Å². The van der Waals surface area contributed by atoms with Crippen LogP contribution in [0, 0.1) is 11.7 Å². The van der Waals surface area contributed by atoms with Gasteiger partial charge in [0.2, 0.25) is 5.91 Å². The maximum absolute atomic E-state index is 13.6. The highest BCUT2D eigenvalue weighted by Crippen LogP contribution is 2.23. The SMILES string of the molecule is O=C(Nc1ccccc1F)C1CCN(C(=O)C2CCCO2)CC1. The van der Waals surface area contributed by atoms with Gasteiger partial charge in [-0.3, -0.25) is 9.59 Å². The quantitative estimate of drug-likeness (QED) is 0.929. The Morgan fingerprint density at radius 2 is 1.91 bits per heavy atom. The number of rotatable bonds is 3. The average Bonchev–Trinajstić information content (AvgIpc) is 3.11. The first-order valence-corrected chi connectivity index (χ1v) is 8.11. The van der Waals surface area contributed by atoms with Crippen molar-refractivity contribution in [3.8, 4) is 0 Å². The molecule has 2 saturated heterocycles. The van der Waals surface area contributed by atoms with Gasteiger partial charge in [0.25, 0.3) is 5.91 Å². The molecule has 1 atom stereocenters. The summed E-state index contributed by atoms with van der Waals surface area (Å²) in [6, 6.07) is 6.13. The molecule has 5 nitrogen and oxygen atoms in total. The minimum absolute atomic E-state index is 0.0375. The lowest BCUT2D eigenvalue weighted by molar-refractivity contribution is -0.143. The van der Waals surface area contributed by atoms with Gasteiger partial charge in [-0.2, -0.15) is 0 Å². The van der Waals surface area contributed by atoms with Crippen molar-refractivity contribution in [1.29, 1.82) is 0 Å². The zero-order valence-electron chi connectivity index (χ0n) is 13.0. The molecule has 0 spiro atoms. The maximum atomic E-state index is 13.6. The van der Waals surface area contributed by atoms with Crippen molar-refractivity contribution in [2.24, 2.45) is 5.92 Å². The van der Waals surface area contributed by atoms with Gasteiger partial charge in [-0.25, -0.2) is 4.39 Å². The Hall–Kier alpha value is -1.95. The van der Waals surface area contributed by atoms with E-state index in [0.717, 1.165) is 12.8 Å². The number of anilines is 1. The third-order valence-electron chi connectivity index (χ3n) is 4.51. The van der Waals surface area contributed by atoms with E-state index in [9.17, 15) is 14.0 Å². The molecule has 0 saturated carbocycles. The fraction of sp³-hybridized carbons (Fsp3) is 0.529. The van der Waals surface area contributed by atoms with E-state index in [1.165, 1.54) is 6.07 Å². The summed E-state index contributed by atoms with van der Waals surface area (Å²) in [5.74, 6) is -0.773. The fourth-order valence-corrected chi connectivity index (χ4v) is 3.14.